The fourth-order valence-electron chi connectivity index (χ4n) is 1.65. The molecule has 0 atom stereocenters. The summed E-state index contributed by atoms with van der Waals surface area (Å²) in [6.45, 7) is 0. The van der Waals surface area contributed by atoms with Gasteiger partial charge < -0.3 is 10.8 Å². The highest BCUT2D eigenvalue weighted by molar-refractivity contribution is 6.11. The first-order chi connectivity index (χ1) is 8.99. The maximum absolute atomic E-state index is 12.2. The van der Waals surface area contributed by atoms with Crippen molar-refractivity contribution in [3.8, 4) is 5.75 Å². The highest BCUT2D eigenvalue weighted by atomic mass is 16.6. The number of nitro groups is 1. The number of non-ortho nitro benzene ring substituents is 1. The molecule has 6 heteroatoms. The summed E-state index contributed by atoms with van der Waals surface area (Å²) in [5.41, 5.74) is 5.82. The zero-order chi connectivity index (χ0) is 14.0. The Morgan fingerprint density at radius 2 is 1.95 bits per heavy atom. The molecule has 0 saturated heterocycles. The minimum absolute atomic E-state index is 0.0143. The van der Waals surface area contributed by atoms with Crippen molar-refractivity contribution >= 4 is 17.2 Å². The highest BCUT2D eigenvalue weighted by Gasteiger charge is 2.16. The number of nitro benzene ring substituents is 1. The van der Waals surface area contributed by atoms with Crippen LogP contribution in [0, 0.1) is 10.1 Å². The fourth-order valence-corrected chi connectivity index (χ4v) is 1.65. The number of carbonyl (C=O) groups is 1. The van der Waals surface area contributed by atoms with Crippen molar-refractivity contribution in [2.24, 2.45) is 0 Å². The second kappa shape index (κ2) is 4.77. The zero-order valence-electron chi connectivity index (χ0n) is 9.74. The third-order valence-electron chi connectivity index (χ3n) is 2.58. The van der Waals surface area contributed by atoms with Crippen molar-refractivity contribution in [3.63, 3.8) is 0 Å². The Labute approximate surface area is 108 Å². The molecule has 19 heavy (non-hydrogen) atoms. The molecule has 0 spiro atoms. The molecule has 3 N–H and O–H groups in total. The van der Waals surface area contributed by atoms with E-state index >= 15 is 0 Å². The third-order valence-corrected chi connectivity index (χ3v) is 2.58. The number of hydrogen-bond donors (Lipinski definition) is 2. The standard InChI is InChI=1S/C13H10N2O4/c14-9-4-5-12(16)11(7-9)13(17)8-2-1-3-10(6-8)15(18)19/h1-7,16H,14H2. The van der Waals surface area contributed by atoms with Gasteiger partial charge in [-0.15, -0.1) is 0 Å². The van der Waals surface area contributed by atoms with Gasteiger partial charge in [-0.3, -0.25) is 14.9 Å². The van der Waals surface area contributed by atoms with Gasteiger partial charge in [0.05, 0.1) is 10.5 Å². The largest absolute Gasteiger partial charge is 0.507 e. The monoisotopic (exact) mass is 258 g/mol. The maximum Gasteiger partial charge on any atom is 0.270 e. The van der Waals surface area contributed by atoms with Crippen LogP contribution in [-0.2, 0) is 0 Å². The first kappa shape index (κ1) is 12.6. The number of aromatic hydroxyl groups is 1. The molecule has 6 nitrogen and oxygen atoms in total. The number of carbonyl (C=O) groups excluding carboxylic acids is 1. The van der Waals surface area contributed by atoms with Crippen LogP contribution in [0.2, 0.25) is 0 Å². The van der Waals surface area contributed by atoms with Crippen LogP contribution in [0.4, 0.5) is 11.4 Å². The molecule has 0 fully saturated rings. The molecule has 0 bridgehead atoms. The van der Waals surface area contributed by atoms with Crippen LogP contribution in [-0.4, -0.2) is 15.8 Å². The van der Waals surface area contributed by atoms with E-state index in [1.54, 1.807) is 0 Å². The SMILES string of the molecule is Nc1ccc(O)c(C(=O)c2cccc([N+](=O)[O-])c2)c1. The molecule has 0 amide bonds. The number of rotatable bonds is 3. The smallest absolute Gasteiger partial charge is 0.270 e. The van der Waals surface area contributed by atoms with E-state index in [2.05, 4.69) is 0 Å². The molecular formula is C13H10N2O4. The molecule has 0 aliphatic heterocycles. The number of phenols is 1. The molecule has 2 rings (SSSR count). The van der Waals surface area contributed by atoms with Crippen molar-refractivity contribution in [1.29, 1.82) is 0 Å². The lowest BCUT2D eigenvalue weighted by Gasteiger charge is -2.05. The van der Waals surface area contributed by atoms with Crippen molar-refractivity contribution in [2.45, 2.75) is 0 Å². The normalized spacial score (nSPS) is 10.1. The Morgan fingerprint density at radius 1 is 1.21 bits per heavy atom. The number of nitrogen functional groups attached to an aromatic ring is 1. The van der Waals surface area contributed by atoms with Crippen LogP contribution in [0.3, 0.4) is 0 Å². The molecule has 0 heterocycles. The Hall–Kier alpha value is -2.89. The number of nitrogens with two attached hydrogens (primary N) is 1. The summed E-state index contributed by atoms with van der Waals surface area (Å²) in [4.78, 5) is 22.2. The topological polar surface area (TPSA) is 106 Å². The van der Waals surface area contributed by atoms with Crippen molar-refractivity contribution < 1.29 is 14.8 Å². The summed E-state index contributed by atoms with van der Waals surface area (Å²) in [5.74, 6) is -0.737. The number of nitrogens with zero attached hydrogens (tertiary/aromatic N) is 1. The number of phenolic OH excluding ortho intramolecular Hbond substituents is 1. The van der Waals surface area contributed by atoms with Gasteiger partial charge >= 0.3 is 0 Å². The van der Waals surface area contributed by atoms with E-state index in [-0.39, 0.29) is 22.6 Å². The van der Waals surface area contributed by atoms with Gasteiger partial charge in [0.1, 0.15) is 5.75 Å². The van der Waals surface area contributed by atoms with E-state index in [1.165, 1.54) is 36.4 Å². The fraction of sp³-hybridized carbons (Fsp3) is 0. The Bertz CT molecular complexity index is 667. The van der Waals surface area contributed by atoms with Crippen molar-refractivity contribution in [2.75, 3.05) is 5.73 Å². The molecular weight excluding hydrogens is 248 g/mol. The third kappa shape index (κ3) is 2.52. The van der Waals surface area contributed by atoms with Crippen LogP contribution >= 0.6 is 0 Å². The molecule has 2 aromatic rings. The van der Waals surface area contributed by atoms with E-state index in [4.69, 9.17) is 5.73 Å². The van der Waals surface area contributed by atoms with Gasteiger partial charge in [0.25, 0.3) is 5.69 Å². The van der Waals surface area contributed by atoms with Gasteiger partial charge in [0.15, 0.2) is 5.78 Å². The van der Waals surface area contributed by atoms with Crippen molar-refractivity contribution in [3.05, 3.63) is 63.7 Å². The van der Waals surface area contributed by atoms with E-state index in [0.29, 0.717) is 5.69 Å². The van der Waals surface area contributed by atoms with Gasteiger partial charge in [-0.1, -0.05) is 12.1 Å². The Balaban J connectivity index is 2.47. The molecule has 0 saturated carbocycles. The number of hydrogen-bond acceptors (Lipinski definition) is 5. The predicted molar refractivity (Wildman–Crippen MR) is 69.0 cm³/mol. The Kier molecular flexibility index (Phi) is 3.15. The maximum atomic E-state index is 12.2. The van der Waals surface area contributed by atoms with E-state index < -0.39 is 10.7 Å². The van der Waals surface area contributed by atoms with Gasteiger partial charge in [-0.25, -0.2) is 0 Å². The quantitative estimate of drug-likeness (QED) is 0.288. The van der Waals surface area contributed by atoms with Crippen molar-refractivity contribution in [1.82, 2.24) is 0 Å². The number of anilines is 1. The molecule has 0 aliphatic rings. The summed E-state index contributed by atoms with van der Waals surface area (Å²) in [5, 5.41) is 20.3. The average Bonchev–Trinajstić information content (AvgIpc) is 2.41. The first-order valence-corrected chi connectivity index (χ1v) is 5.36. The summed E-state index contributed by atoms with van der Waals surface area (Å²) in [7, 11) is 0. The van der Waals surface area contributed by atoms with Crippen LogP contribution in [0.1, 0.15) is 15.9 Å². The lowest BCUT2D eigenvalue weighted by molar-refractivity contribution is -0.384. The van der Waals surface area contributed by atoms with E-state index in [1.807, 2.05) is 0 Å². The molecule has 2 aromatic carbocycles. The lowest BCUT2D eigenvalue weighted by Crippen LogP contribution is -2.03. The first-order valence-electron chi connectivity index (χ1n) is 5.36. The minimum atomic E-state index is -0.587. The highest BCUT2D eigenvalue weighted by Crippen LogP contribution is 2.24. The van der Waals surface area contributed by atoms with E-state index in [0.717, 1.165) is 6.07 Å². The number of ketones is 1. The lowest BCUT2D eigenvalue weighted by atomic mass is 10.0. The summed E-state index contributed by atoms with van der Waals surface area (Å²) in [6, 6.07) is 9.39. The van der Waals surface area contributed by atoms with Crippen LogP contribution in [0.25, 0.3) is 0 Å². The van der Waals surface area contributed by atoms with Gasteiger partial charge in [-0.2, -0.15) is 0 Å². The Morgan fingerprint density at radius 3 is 2.63 bits per heavy atom. The average molecular weight is 258 g/mol. The second-order valence-corrected chi connectivity index (χ2v) is 3.91. The minimum Gasteiger partial charge on any atom is -0.507 e. The predicted octanol–water partition coefficient (Wildman–Crippen LogP) is 2.11. The second-order valence-electron chi connectivity index (χ2n) is 3.91. The molecule has 0 aliphatic carbocycles. The molecule has 0 radical (unpaired) electrons. The van der Waals surface area contributed by atoms with E-state index in [9.17, 15) is 20.0 Å². The number of benzene rings is 2. The summed E-state index contributed by atoms with van der Waals surface area (Å²) >= 11 is 0. The summed E-state index contributed by atoms with van der Waals surface area (Å²) < 4.78 is 0. The molecule has 0 unspecified atom stereocenters. The summed E-state index contributed by atoms with van der Waals surface area (Å²) in [6.07, 6.45) is 0. The van der Waals surface area contributed by atoms with Gasteiger partial charge in [0, 0.05) is 23.4 Å². The van der Waals surface area contributed by atoms with Gasteiger partial charge in [-0.05, 0) is 18.2 Å². The van der Waals surface area contributed by atoms with Crippen LogP contribution < -0.4 is 5.73 Å². The van der Waals surface area contributed by atoms with Crippen LogP contribution in [0.15, 0.2) is 42.5 Å². The van der Waals surface area contributed by atoms with Crippen LogP contribution in [0.5, 0.6) is 5.75 Å². The zero-order valence-corrected chi connectivity index (χ0v) is 9.74. The molecule has 0 aromatic heterocycles. The van der Waals surface area contributed by atoms with Gasteiger partial charge in [0.2, 0.25) is 0 Å². The molecule has 96 valence electrons.